The highest BCUT2D eigenvalue weighted by molar-refractivity contribution is 9.10. The highest BCUT2D eigenvalue weighted by Crippen LogP contribution is 2.40. The van der Waals surface area contributed by atoms with Crippen LogP contribution in [0.25, 0.3) is 0 Å². The first kappa shape index (κ1) is 15.9. The third-order valence-corrected chi connectivity index (χ3v) is 4.66. The number of nitro benzene ring substituents is 1. The molecule has 0 unspecified atom stereocenters. The van der Waals surface area contributed by atoms with Crippen molar-refractivity contribution in [2.75, 3.05) is 7.11 Å². The Bertz CT molecular complexity index is 553. The number of hydrogen-bond acceptors (Lipinski definition) is 4. The van der Waals surface area contributed by atoms with Crippen LogP contribution >= 0.6 is 15.9 Å². The highest BCUT2D eigenvalue weighted by Gasteiger charge is 2.24. The molecule has 0 bridgehead atoms. The molecule has 21 heavy (non-hydrogen) atoms. The normalized spacial score (nSPS) is 15.1. The molecule has 0 amide bonds. The molecule has 1 fully saturated rings. The van der Waals surface area contributed by atoms with Gasteiger partial charge in [-0.05, 0) is 58.3 Å². The number of methoxy groups -OCH3 is 1. The summed E-state index contributed by atoms with van der Waals surface area (Å²) >= 11 is 3.29. The van der Waals surface area contributed by atoms with Crippen LogP contribution in [0.1, 0.15) is 49.1 Å². The quantitative estimate of drug-likeness (QED) is 0.452. The largest absolute Gasteiger partial charge is 0.469 e. The third kappa shape index (κ3) is 3.81. The fourth-order valence-corrected chi connectivity index (χ4v) is 3.44. The van der Waals surface area contributed by atoms with E-state index in [-0.39, 0.29) is 18.1 Å². The molecule has 1 aliphatic carbocycles. The first-order valence-corrected chi connectivity index (χ1v) is 7.85. The molecular weight excluding hydrogens is 338 g/mol. The summed E-state index contributed by atoms with van der Waals surface area (Å²) in [6.45, 7) is 0. The zero-order chi connectivity index (χ0) is 15.4. The van der Waals surface area contributed by atoms with E-state index in [9.17, 15) is 14.9 Å². The molecule has 6 heteroatoms. The van der Waals surface area contributed by atoms with Gasteiger partial charge in [-0.15, -0.1) is 0 Å². The number of rotatable bonds is 5. The van der Waals surface area contributed by atoms with Crippen LogP contribution in [0.2, 0.25) is 0 Å². The predicted octanol–water partition coefficient (Wildman–Crippen LogP) is 4.12. The fraction of sp³-hybridized carbons (Fsp3) is 0.533. The molecule has 114 valence electrons. The van der Waals surface area contributed by atoms with Crippen LogP contribution in [0.3, 0.4) is 0 Å². The average Bonchev–Trinajstić information content (AvgIpc) is 2.98. The minimum atomic E-state index is -0.399. The first-order valence-electron chi connectivity index (χ1n) is 7.06. The Labute approximate surface area is 132 Å². The summed E-state index contributed by atoms with van der Waals surface area (Å²) in [6.07, 6.45) is 5.32. The van der Waals surface area contributed by atoms with Crippen molar-refractivity contribution in [1.29, 1.82) is 0 Å². The van der Waals surface area contributed by atoms with Crippen molar-refractivity contribution in [2.24, 2.45) is 0 Å². The van der Waals surface area contributed by atoms with Gasteiger partial charge >= 0.3 is 5.97 Å². The van der Waals surface area contributed by atoms with Crippen LogP contribution in [-0.2, 0) is 16.0 Å². The molecule has 0 atom stereocenters. The Morgan fingerprint density at radius 2 is 2.10 bits per heavy atom. The summed E-state index contributed by atoms with van der Waals surface area (Å²) in [7, 11) is 1.35. The molecule has 1 aliphatic rings. The number of ether oxygens (including phenoxy) is 1. The third-order valence-electron chi connectivity index (χ3n) is 4.03. The summed E-state index contributed by atoms with van der Waals surface area (Å²) in [4.78, 5) is 22.0. The van der Waals surface area contributed by atoms with Gasteiger partial charge in [-0.3, -0.25) is 14.9 Å². The number of nitro groups is 1. The monoisotopic (exact) mass is 355 g/mol. The van der Waals surface area contributed by atoms with Gasteiger partial charge in [-0.2, -0.15) is 0 Å². The van der Waals surface area contributed by atoms with E-state index < -0.39 is 4.92 Å². The number of carbonyl (C=O) groups excluding carboxylic acids is 1. The molecular formula is C15H18BrNO4. The lowest BCUT2D eigenvalue weighted by molar-refractivity contribution is -0.385. The summed E-state index contributed by atoms with van der Waals surface area (Å²) in [5.74, 6) is 0.146. The Balaban J connectivity index is 2.34. The number of nitrogens with zero attached hydrogens (tertiary/aromatic N) is 1. The summed E-state index contributed by atoms with van der Waals surface area (Å²) in [5.41, 5.74) is 2.08. The van der Waals surface area contributed by atoms with Crippen molar-refractivity contribution >= 4 is 27.6 Å². The summed E-state index contributed by atoms with van der Waals surface area (Å²) in [6, 6.07) is 3.46. The maximum Gasteiger partial charge on any atom is 0.305 e. The van der Waals surface area contributed by atoms with Gasteiger partial charge in [0.05, 0.1) is 16.5 Å². The molecule has 0 spiro atoms. The zero-order valence-corrected chi connectivity index (χ0v) is 13.5. The summed E-state index contributed by atoms with van der Waals surface area (Å²) < 4.78 is 5.17. The zero-order valence-electron chi connectivity index (χ0n) is 11.9. The second kappa shape index (κ2) is 7.02. The molecule has 1 aromatic rings. The Hall–Kier alpha value is -1.43. The number of aryl methyl sites for hydroxylation is 1. The topological polar surface area (TPSA) is 69.4 Å². The van der Waals surface area contributed by atoms with Gasteiger partial charge in [-0.1, -0.05) is 12.8 Å². The second-order valence-corrected chi connectivity index (χ2v) is 6.17. The van der Waals surface area contributed by atoms with Gasteiger partial charge in [0.2, 0.25) is 0 Å². The molecule has 0 aliphatic heterocycles. The van der Waals surface area contributed by atoms with E-state index in [4.69, 9.17) is 0 Å². The highest BCUT2D eigenvalue weighted by atomic mass is 79.9. The van der Waals surface area contributed by atoms with Crippen LogP contribution < -0.4 is 0 Å². The number of halogens is 1. The predicted molar refractivity (Wildman–Crippen MR) is 82.3 cm³/mol. The molecule has 0 aromatic heterocycles. The van der Waals surface area contributed by atoms with E-state index in [1.54, 1.807) is 6.07 Å². The number of esters is 1. The standard InChI is InChI=1S/C15H18BrNO4/c1-21-15(18)7-6-11-8-14(17(19)20)13(16)9-12(11)10-4-2-3-5-10/h8-10H,2-7H2,1H3. The van der Waals surface area contributed by atoms with E-state index in [0.717, 1.165) is 24.0 Å². The maximum atomic E-state index is 11.3. The Morgan fingerprint density at radius 3 is 2.67 bits per heavy atom. The molecule has 5 nitrogen and oxygen atoms in total. The lowest BCUT2D eigenvalue weighted by atomic mass is 9.90. The van der Waals surface area contributed by atoms with E-state index in [2.05, 4.69) is 20.7 Å². The van der Waals surface area contributed by atoms with Crippen molar-refractivity contribution < 1.29 is 14.5 Å². The van der Waals surface area contributed by atoms with Gasteiger partial charge in [0.1, 0.15) is 0 Å². The van der Waals surface area contributed by atoms with Crippen LogP contribution in [0.4, 0.5) is 5.69 Å². The number of benzene rings is 1. The maximum absolute atomic E-state index is 11.3. The fourth-order valence-electron chi connectivity index (χ4n) is 2.93. The van der Waals surface area contributed by atoms with E-state index in [1.165, 1.54) is 20.0 Å². The lowest BCUT2D eigenvalue weighted by Crippen LogP contribution is -2.06. The molecule has 0 heterocycles. The van der Waals surface area contributed by atoms with Crippen molar-refractivity contribution in [1.82, 2.24) is 0 Å². The van der Waals surface area contributed by atoms with Crippen LogP contribution in [0.5, 0.6) is 0 Å². The van der Waals surface area contributed by atoms with Crippen LogP contribution in [-0.4, -0.2) is 18.0 Å². The van der Waals surface area contributed by atoms with E-state index in [1.807, 2.05) is 6.07 Å². The average molecular weight is 356 g/mol. The lowest BCUT2D eigenvalue weighted by Gasteiger charge is -2.16. The molecule has 2 rings (SSSR count). The molecule has 1 aromatic carbocycles. The van der Waals surface area contributed by atoms with Crippen molar-refractivity contribution in [3.63, 3.8) is 0 Å². The van der Waals surface area contributed by atoms with Gasteiger partial charge in [-0.25, -0.2) is 0 Å². The smallest absolute Gasteiger partial charge is 0.305 e. The molecule has 1 saturated carbocycles. The molecule has 0 saturated heterocycles. The SMILES string of the molecule is COC(=O)CCc1cc([N+](=O)[O-])c(Br)cc1C1CCCC1. The minimum Gasteiger partial charge on any atom is -0.469 e. The number of carbonyl (C=O) groups is 1. The van der Waals surface area contributed by atoms with Gasteiger partial charge in [0.15, 0.2) is 0 Å². The molecule has 0 radical (unpaired) electrons. The minimum absolute atomic E-state index is 0.0524. The summed E-state index contributed by atoms with van der Waals surface area (Å²) in [5, 5.41) is 11.1. The Morgan fingerprint density at radius 1 is 1.43 bits per heavy atom. The van der Waals surface area contributed by atoms with E-state index in [0.29, 0.717) is 16.8 Å². The van der Waals surface area contributed by atoms with Crippen molar-refractivity contribution in [3.05, 3.63) is 37.8 Å². The first-order chi connectivity index (χ1) is 10.0. The van der Waals surface area contributed by atoms with E-state index >= 15 is 0 Å². The number of hydrogen-bond donors (Lipinski definition) is 0. The second-order valence-electron chi connectivity index (χ2n) is 5.32. The van der Waals surface area contributed by atoms with Gasteiger partial charge in [0.25, 0.3) is 5.69 Å². The molecule has 0 N–H and O–H groups in total. The van der Waals surface area contributed by atoms with Crippen LogP contribution in [0, 0.1) is 10.1 Å². The van der Waals surface area contributed by atoms with Gasteiger partial charge in [0, 0.05) is 12.5 Å². The van der Waals surface area contributed by atoms with Crippen molar-refractivity contribution in [2.45, 2.75) is 44.4 Å². The van der Waals surface area contributed by atoms with Crippen LogP contribution in [0.15, 0.2) is 16.6 Å². The Kier molecular flexibility index (Phi) is 5.33. The van der Waals surface area contributed by atoms with Gasteiger partial charge < -0.3 is 4.74 Å². The van der Waals surface area contributed by atoms with Crippen molar-refractivity contribution in [3.8, 4) is 0 Å².